The van der Waals surface area contributed by atoms with Crippen LogP contribution in [0.5, 0.6) is 11.5 Å². The molecule has 3 aromatic carbocycles. The average molecular weight is 405 g/mol. The number of ether oxygens (including phenoxy) is 1. The Bertz CT molecular complexity index is 1130. The lowest BCUT2D eigenvalue weighted by atomic mass is 10.2. The van der Waals surface area contributed by atoms with Crippen molar-refractivity contribution in [3.05, 3.63) is 99.6 Å². The van der Waals surface area contributed by atoms with Gasteiger partial charge in [0.25, 0.3) is 11.6 Å². The molecule has 0 unspecified atom stereocenters. The number of rotatable bonds is 6. The second kappa shape index (κ2) is 9.11. The summed E-state index contributed by atoms with van der Waals surface area (Å²) in [5.41, 5.74) is 2.96. The number of hydrazone groups is 1. The number of carbonyl (C=O) groups excluding carboxylic acids is 2. The maximum atomic E-state index is 12.2. The Morgan fingerprint density at radius 3 is 2.47 bits per heavy atom. The van der Waals surface area contributed by atoms with Gasteiger partial charge in [0, 0.05) is 12.1 Å². The first kappa shape index (κ1) is 20.2. The molecule has 3 aromatic rings. The van der Waals surface area contributed by atoms with E-state index in [1.165, 1.54) is 48.7 Å². The zero-order chi connectivity index (χ0) is 21.5. The number of hydrogen-bond acceptors (Lipinski definition) is 7. The molecule has 0 aliphatic heterocycles. The van der Waals surface area contributed by atoms with Crippen molar-refractivity contribution in [1.82, 2.24) is 5.43 Å². The third-order valence-electron chi connectivity index (χ3n) is 3.91. The van der Waals surface area contributed by atoms with Crippen molar-refractivity contribution in [2.75, 3.05) is 0 Å². The summed E-state index contributed by atoms with van der Waals surface area (Å²) in [6.07, 6.45) is 1.35. The average Bonchev–Trinajstić information content (AvgIpc) is 2.74. The third kappa shape index (κ3) is 5.04. The highest BCUT2D eigenvalue weighted by atomic mass is 16.6. The fourth-order valence-electron chi connectivity index (χ4n) is 2.43. The molecular formula is C21H15N3O6. The summed E-state index contributed by atoms with van der Waals surface area (Å²) >= 11 is 0. The first-order chi connectivity index (χ1) is 14.4. The molecule has 30 heavy (non-hydrogen) atoms. The van der Waals surface area contributed by atoms with Crippen LogP contribution in [0.4, 0.5) is 5.69 Å². The molecule has 9 heteroatoms. The summed E-state index contributed by atoms with van der Waals surface area (Å²) in [5.74, 6) is -1.18. The van der Waals surface area contributed by atoms with Crippen molar-refractivity contribution in [2.45, 2.75) is 0 Å². The molecule has 0 saturated heterocycles. The molecule has 0 aromatic heterocycles. The van der Waals surface area contributed by atoms with Crippen molar-refractivity contribution in [2.24, 2.45) is 5.10 Å². The number of para-hydroxylation sites is 1. The highest BCUT2D eigenvalue weighted by Crippen LogP contribution is 2.17. The van der Waals surface area contributed by atoms with Gasteiger partial charge in [-0.05, 0) is 42.0 Å². The molecule has 0 spiro atoms. The highest BCUT2D eigenvalue weighted by molar-refractivity contribution is 5.97. The van der Waals surface area contributed by atoms with Crippen molar-refractivity contribution < 1.29 is 24.4 Å². The van der Waals surface area contributed by atoms with Crippen LogP contribution in [0.1, 0.15) is 26.3 Å². The number of amides is 1. The van der Waals surface area contributed by atoms with E-state index in [1.54, 1.807) is 30.3 Å². The molecule has 0 radical (unpaired) electrons. The minimum Gasteiger partial charge on any atom is -0.507 e. The van der Waals surface area contributed by atoms with E-state index in [9.17, 15) is 24.8 Å². The summed E-state index contributed by atoms with van der Waals surface area (Å²) in [5, 5.41) is 24.2. The van der Waals surface area contributed by atoms with Gasteiger partial charge >= 0.3 is 5.97 Å². The van der Waals surface area contributed by atoms with Crippen molar-refractivity contribution in [1.29, 1.82) is 0 Å². The Morgan fingerprint density at radius 2 is 1.77 bits per heavy atom. The van der Waals surface area contributed by atoms with Crippen molar-refractivity contribution in [3.8, 4) is 11.5 Å². The number of phenols is 1. The van der Waals surface area contributed by atoms with Crippen LogP contribution in [0.2, 0.25) is 0 Å². The normalized spacial score (nSPS) is 10.5. The van der Waals surface area contributed by atoms with E-state index >= 15 is 0 Å². The van der Waals surface area contributed by atoms with Gasteiger partial charge in [-0.3, -0.25) is 14.9 Å². The Morgan fingerprint density at radius 1 is 1.03 bits per heavy atom. The molecule has 9 nitrogen and oxygen atoms in total. The SMILES string of the molecule is O=C(Oc1cccc(/C=N\NC(=O)c2ccccc2O)c1)c1ccc([N+](=O)[O-])cc1. The van der Waals surface area contributed by atoms with Crippen LogP contribution < -0.4 is 10.2 Å². The standard InChI is InChI=1S/C21H15N3O6/c25-19-7-2-1-6-18(19)20(26)23-22-13-14-4-3-5-17(12-14)30-21(27)15-8-10-16(11-9-15)24(28)29/h1-13,25H,(H,23,26)/b22-13-. The Labute approximate surface area is 170 Å². The van der Waals surface area contributed by atoms with E-state index in [0.717, 1.165) is 0 Å². The number of benzene rings is 3. The monoisotopic (exact) mass is 405 g/mol. The van der Waals surface area contributed by atoms with Gasteiger partial charge in [0.1, 0.15) is 11.5 Å². The first-order valence-corrected chi connectivity index (χ1v) is 8.62. The molecule has 0 fully saturated rings. The highest BCUT2D eigenvalue weighted by Gasteiger charge is 2.12. The van der Waals surface area contributed by atoms with Crippen LogP contribution in [0.25, 0.3) is 0 Å². The Kier molecular flexibility index (Phi) is 6.14. The molecule has 0 saturated carbocycles. The van der Waals surface area contributed by atoms with Crippen LogP contribution in [0.3, 0.4) is 0 Å². The number of esters is 1. The third-order valence-corrected chi connectivity index (χ3v) is 3.91. The van der Waals surface area contributed by atoms with Crippen LogP contribution in [0.15, 0.2) is 77.9 Å². The minimum atomic E-state index is -0.674. The molecule has 3 rings (SSSR count). The van der Waals surface area contributed by atoms with Crippen LogP contribution in [-0.4, -0.2) is 28.1 Å². The lowest BCUT2D eigenvalue weighted by Crippen LogP contribution is -2.17. The number of non-ortho nitro benzene ring substituents is 1. The minimum absolute atomic E-state index is 0.0837. The zero-order valence-electron chi connectivity index (χ0n) is 15.4. The number of nitro groups is 1. The quantitative estimate of drug-likeness (QED) is 0.213. The summed E-state index contributed by atoms with van der Waals surface area (Å²) < 4.78 is 5.26. The van der Waals surface area contributed by atoms with Gasteiger partial charge in [0.15, 0.2) is 0 Å². The second-order valence-corrected chi connectivity index (χ2v) is 5.98. The van der Waals surface area contributed by atoms with Gasteiger partial charge in [-0.15, -0.1) is 0 Å². The number of aromatic hydroxyl groups is 1. The van der Waals surface area contributed by atoms with Crippen molar-refractivity contribution >= 4 is 23.8 Å². The van der Waals surface area contributed by atoms with Gasteiger partial charge in [-0.2, -0.15) is 5.10 Å². The van der Waals surface area contributed by atoms with E-state index < -0.39 is 16.8 Å². The predicted molar refractivity (Wildman–Crippen MR) is 108 cm³/mol. The van der Waals surface area contributed by atoms with E-state index in [2.05, 4.69) is 10.5 Å². The van der Waals surface area contributed by atoms with Gasteiger partial charge in [-0.1, -0.05) is 24.3 Å². The fraction of sp³-hybridized carbons (Fsp3) is 0. The van der Waals surface area contributed by atoms with Crippen molar-refractivity contribution in [3.63, 3.8) is 0 Å². The molecular weight excluding hydrogens is 390 g/mol. The number of carbonyl (C=O) groups is 2. The molecule has 0 aliphatic carbocycles. The molecule has 0 atom stereocenters. The molecule has 1 amide bonds. The molecule has 0 bridgehead atoms. The van der Waals surface area contributed by atoms with E-state index in [-0.39, 0.29) is 28.3 Å². The zero-order valence-corrected chi connectivity index (χ0v) is 15.4. The molecule has 0 aliphatic rings. The lowest BCUT2D eigenvalue weighted by molar-refractivity contribution is -0.384. The number of phenolic OH excluding ortho intramolecular Hbond substituents is 1. The molecule has 2 N–H and O–H groups in total. The van der Waals surface area contributed by atoms with Crippen LogP contribution in [-0.2, 0) is 0 Å². The van der Waals surface area contributed by atoms with E-state index in [1.807, 2.05) is 0 Å². The van der Waals surface area contributed by atoms with Crippen LogP contribution in [0, 0.1) is 10.1 Å². The summed E-state index contributed by atoms with van der Waals surface area (Å²) in [6.45, 7) is 0. The summed E-state index contributed by atoms with van der Waals surface area (Å²) in [4.78, 5) is 34.3. The predicted octanol–water partition coefficient (Wildman–Crippen LogP) is 3.28. The fourth-order valence-corrected chi connectivity index (χ4v) is 2.43. The van der Waals surface area contributed by atoms with Gasteiger partial charge < -0.3 is 9.84 Å². The summed E-state index contributed by atoms with van der Waals surface area (Å²) in [7, 11) is 0. The number of nitro benzene ring substituents is 1. The Hall–Kier alpha value is -4.53. The lowest BCUT2D eigenvalue weighted by Gasteiger charge is -2.05. The maximum absolute atomic E-state index is 12.2. The first-order valence-electron chi connectivity index (χ1n) is 8.62. The van der Waals surface area contributed by atoms with Gasteiger partial charge in [0.05, 0.1) is 22.3 Å². The Balaban J connectivity index is 1.63. The van der Waals surface area contributed by atoms with Crippen LogP contribution >= 0.6 is 0 Å². The molecule has 150 valence electrons. The smallest absolute Gasteiger partial charge is 0.343 e. The second-order valence-electron chi connectivity index (χ2n) is 5.98. The topological polar surface area (TPSA) is 131 Å². The van der Waals surface area contributed by atoms with E-state index in [0.29, 0.717) is 5.56 Å². The number of nitrogens with one attached hydrogen (secondary N) is 1. The number of hydrogen-bond donors (Lipinski definition) is 2. The largest absolute Gasteiger partial charge is 0.507 e. The van der Waals surface area contributed by atoms with Gasteiger partial charge in [-0.25, -0.2) is 10.2 Å². The van der Waals surface area contributed by atoms with E-state index in [4.69, 9.17) is 4.74 Å². The molecule has 0 heterocycles. The summed E-state index contributed by atoms with van der Waals surface area (Å²) in [6, 6.07) is 17.5. The van der Waals surface area contributed by atoms with Gasteiger partial charge in [0.2, 0.25) is 0 Å². The maximum Gasteiger partial charge on any atom is 0.343 e. The number of nitrogens with zero attached hydrogens (tertiary/aromatic N) is 2.